The summed E-state index contributed by atoms with van der Waals surface area (Å²) >= 11 is 5.82. The van der Waals surface area contributed by atoms with Crippen LogP contribution < -0.4 is 21.0 Å². The number of nitrogens with zero attached hydrogens (tertiary/aromatic N) is 3. The van der Waals surface area contributed by atoms with Crippen LogP contribution in [-0.4, -0.2) is 22.8 Å². The molecule has 1 aromatic heterocycles. The van der Waals surface area contributed by atoms with Gasteiger partial charge in [-0.05, 0) is 6.92 Å². The molecule has 0 radical (unpaired) electrons. The summed E-state index contributed by atoms with van der Waals surface area (Å²) < 4.78 is 7.70. The van der Waals surface area contributed by atoms with Crippen LogP contribution in [0.3, 0.4) is 0 Å². The van der Waals surface area contributed by atoms with Crippen LogP contribution in [0.1, 0.15) is 6.92 Å². The van der Waals surface area contributed by atoms with Crippen LogP contribution in [0.15, 0.2) is 4.79 Å². The minimum atomic E-state index is -0.279. The van der Waals surface area contributed by atoms with Crippen molar-refractivity contribution in [2.75, 3.05) is 28.7 Å². The lowest BCUT2D eigenvalue weighted by Gasteiger charge is -2.11. The number of anilines is 3. The van der Waals surface area contributed by atoms with Gasteiger partial charge in [-0.2, -0.15) is 4.98 Å². The standard InChI is InChI=1S/C8H12ClN5O2/c1-2-16-4-13-7(15)5-6(12-8(13)10)14(9)3-11-5/h11H,2-4H2,1H3,(H2,10,12). The molecule has 0 amide bonds. The SMILES string of the molecule is CCOCn1c(N)nc2c(c1=O)NCN2Cl. The Balaban J connectivity index is 2.45. The third kappa shape index (κ3) is 1.68. The highest BCUT2D eigenvalue weighted by Gasteiger charge is 2.24. The molecule has 8 heteroatoms. The van der Waals surface area contributed by atoms with Crippen LogP contribution in [0.4, 0.5) is 17.5 Å². The van der Waals surface area contributed by atoms with Gasteiger partial charge in [-0.3, -0.25) is 9.36 Å². The summed E-state index contributed by atoms with van der Waals surface area (Å²) in [5.74, 6) is 0.448. The van der Waals surface area contributed by atoms with E-state index in [1.165, 1.54) is 8.99 Å². The molecule has 1 aromatic rings. The molecule has 3 N–H and O–H groups in total. The highest BCUT2D eigenvalue weighted by molar-refractivity contribution is 6.27. The number of ether oxygens (including phenoxy) is 1. The highest BCUT2D eigenvalue weighted by atomic mass is 35.5. The van der Waals surface area contributed by atoms with Gasteiger partial charge in [0.25, 0.3) is 5.56 Å². The highest BCUT2D eigenvalue weighted by Crippen LogP contribution is 2.27. The van der Waals surface area contributed by atoms with Crippen LogP contribution in [0.25, 0.3) is 0 Å². The Bertz CT molecular complexity index is 460. The van der Waals surface area contributed by atoms with Crippen molar-refractivity contribution < 1.29 is 4.74 Å². The molecule has 2 rings (SSSR count). The van der Waals surface area contributed by atoms with Crippen molar-refractivity contribution in [3.8, 4) is 0 Å². The van der Waals surface area contributed by atoms with Gasteiger partial charge in [0.15, 0.2) is 5.82 Å². The first-order valence-electron chi connectivity index (χ1n) is 4.80. The molecule has 0 aromatic carbocycles. The fourth-order valence-electron chi connectivity index (χ4n) is 1.42. The lowest BCUT2D eigenvalue weighted by molar-refractivity contribution is 0.0865. The first kappa shape index (κ1) is 11.0. The summed E-state index contributed by atoms with van der Waals surface area (Å²) in [4.78, 5) is 16.0. The summed E-state index contributed by atoms with van der Waals surface area (Å²) in [6, 6.07) is 0. The van der Waals surface area contributed by atoms with Gasteiger partial charge in [0.05, 0.1) is 0 Å². The summed E-state index contributed by atoms with van der Waals surface area (Å²) in [5, 5.41) is 2.85. The number of fused-ring (bicyclic) bond motifs is 1. The van der Waals surface area contributed by atoms with Crippen LogP contribution in [0.2, 0.25) is 0 Å². The van der Waals surface area contributed by atoms with Crippen molar-refractivity contribution in [2.45, 2.75) is 13.7 Å². The molecule has 1 aliphatic heterocycles. The van der Waals surface area contributed by atoms with Gasteiger partial charge in [0, 0.05) is 18.4 Å². The number of nitrogen functional groups attached to an aromatic ring is 1. The van der Waals surface area contributed by atoms with Crippen LogP contribution in [0.5, 0.6) is 0 Å². The molecule has 2 heterocycles. The second kappa shape index (κ2) is 4.18. The van der Waals surface area contributed by atoms with E-state index in [-0.39, 0.29) is 18.2 Å². The van der Waals surface area contributed by atoms with Crippen molar-refractivity contribution in [2.24, 2.45) is 0 Å². The number of nitrogens with one attached hydrogen (secondary N) is 1. The molecule has 0 saturated heterocycles. The molecule has 0 spiro atoms. The summed E-state index contributed by atoms with van der Waals surface area (Å²) in [6.07, 6.45) is 0. The molecule has 16 heavy (non-hydrogen) atoms. The molecule has 0 unspecified atom stereocenters. The van der Waals surface area contributed by atoms with Crippen LogP contribution in [-0.2, 0) is 11.5 Å². The van der Waals surface area contributed by atoms with Gasteiger partial charge in [-0.25, -0.2) is 4.42 Å². The average molecular weight is 246 g/mol. The van der Waals surface area contributed by atoms with Gasteiger partial charge in [0.2, 0.25) is 5.95 Å². The van der Waals surface area contributed by atoms with E-state index in [4.69, 9.17) is 22.2 Å². The minimum absolute atomic E-state index is 0.0887. The topological polar surface area (TPSA) is 85.4 Å². The van der Waals surface area contributed by atoms with E-state index >= 15 is 0 Å². The molecule has 0 fully saturated rings. The number of rotatable bonds is 3. The third-order valence-corrected chi connectivity index (χ3v) is 2.51. The fourth-order valence-corrected chi connectivity index (χ4v) is 1.60. The Morgan fingerprint density at radius 2 is 2.44 bits per heavy atom. The number of aromatic nitrogens is 2. The molecular weight excluding hydrogens is 234 g/mol. The Hall–Kier alpha value is -1.47. The van der Waals surface area contributed by atoms with Crippen LogP contribution >= 0.6 is 11.8 Å². The Labute approximate surface area is 96.9 Å². The van der Waals surface area contributed by atoms with Gasteiger partial charge in [-0.1, -0.05) is 0 Å². The predicted molar refractivity (Wildman–Crippen MR) is 61.4 cm³/mol. The molecule has 88 valence electrons. The molecule has 1 aliphatic rings. The quantitative estimate of drug-likeness (QED) is 0.738. The molecule has 0 aliphatic carbocycles. The van der Waals surface area contributed by atoms with E-state index in [0.29, 0.717) is 24.8 Å². The van der Waals surface area contributed by atoms with Crippen molar-refractivity contribution in [1.29, 1.82) is 0 Å². The number of nitrogens with two attached hydrogens (primary N) is 1. The normalized spacial score (nSPS) is 13.8. The van der Waals surface area contributed by atoms with Crippen molar-refractivity contribution >= 4 is 29.2 Å². The van der Waals surface area contributed by atoms with Gasteiger partial charge >= 0.3 is 0 Å². The monoisotopic (exact) mass is 245 g/mol. The maximum Gasteiger partial charge on any atom is 0.282 e. The van der Waals surface area contributed by atoms with E-state index in [1.54, 1.807) is 0 Å². The van der Waals surface area contributed by atoms with Crippen LogP contribution in [0, 0.1) is 0 Å². The van der Waals surface area contributed by atoms with Gasteiger partial charge < -0.3 is 15.8 Å². The summed E-state index contributed by atoms with van der Waals surface area (Å²) in [6.45, 7) is 2.75. The maximum absolute atomic E-state index is 11.9. The van der Waals surface area contributed by atoms with E-state index in [9.17, 15) is 4.79 Å². The fraction of sp³-hybridized carbons (Fsp3) is 0.500. The number of hydrogen-bond donors (Lipinski definition) is 2. The third-order valence-electron chi connectivity index (χ3n) is 2.23. The predicted octanol–water partition coefficient (Wildman–Crippen LogP) is 0.163. The minimum Gasteiger partial charge on any atom is -0.369 e. The molecular formula is C8H12ClN5O2. The zero-order valence-electron chi connectivity index (χ0n) is 8.73. The smallest absolute Gasteiger partial charge is 0.282 e. The number of hydrogen-bond acceptors (Lipinski definition) is 6. The molecule has 0 saturated carbocycles. The van der Waals surface area contributed by atoms with E-state index in [0.717, 1.165) is 0 Å². The molecule has 0 atom stereocenters. The largest absolute Gasteiger partial charge is 0.369 e. The zero-order valence-corrected chi connectivity index (χ0v) is 9.49. The maximum atomic E-state index is 11.9. The first-order chi connectivity index (χ1) is 7.65. The summed E-state index contributed by atoms with van der Waals surface area (Å²) in [5.41, 5.74) is 5.73. The summed E-state index contributed by atoms with van der Waals surface area (Å²) in [7, 11) is 0. The zero-order chi connectivity index (χ0) is 11.7. The van der Waals surface area contributed by atoms with Gasteiger partial charge in [0.1, 0.15) is 19.1 Å². The molecule has 0 bridgehead atoms. The molecule has 7 nitrogen and oxygen atoms in total. The van der Waals surface area contributed by atoms with E-state index in [1.807, 2.05) is 6.92 Å². The van der Waals surface area contributed by atoms with Crippen molar-refractivity contribution in [1.82, 2.24) is 9.55 Å². The number of halogens is 1. The van der Waals surface area contributed by atoms with Crippen molar-refractivity contribution in [3.63, 3.8) is 0 Å². The van der Waals surface area contributed by atoms with E-state index < -0.39 is 0 Å². The van der Waals surface area contributed by atoms with Crippen molar-refractivity contribution in [3.05, 3.63) is 10.4 Å². The average Bonchev–Trinajstić information content (AvgIpc) is 2.61. The Morgan fingerprint density at radius 3 is 3.12 bits per heavy atom. The van der Waals surface area contributed by atoms with E-state index in [2.05, 4.69) is 10.3 Å². The second-order valence-corrected chi connectivity index (χ2v) is 3.63. The van der Waals surface area contributed by atoms with Gasteiger partial charge in [-0.15, -0.1) is 0 Å². The first-order valence-corrected chi connectivity index (χ1v) is 5.14. The Kier molecular flexibility index (Phi) is 2.88. The second-order valence-electron chi connectivity index (χ2n) is 3.22. The lowest BCUT2D eigenvalue weighted by Crippen LogP contribution is -2.26. The Morgan fingerprint density at radius 1 is 1.69 bits per heavy atom. The lowest BCUT2D eigenvalue weighted by atomic mass is 10.5.